The number of thiophene rings is 1. The van der Waals surface area contributed by atoms with Crippen molar-refractivity contribution in [3.63, 3.8) is 0 Å². The van der Waals surface area contributed by atoms with Crippen molar-refractivity contribution in [3.8, 4) is 0 Å². The van der Waals surface area contributed by atoms with Crippen LogP contribution in [0.25, 0.3) is 0 Å². The van der Waals surface area contributed by atoms with Gasteiger partial charge in [0.05, 0.1) is 0 Å². The van der Waals surface area contributed by atoms with Gasteiger partial charge in [-0.1, -0.05) is 6.92 Å². The Morgan fingerprint density at radius 2 is 2.14 bits per heavy atom. The summed E-state index contributed by atoms with van der Waals surface area (Å²) >= 11 is 4.59. The fraction of sp³-hybridized carbons (Fsp3) is 0.308. The molecule has 0 saturated carbocycles. The van der Waals surface area contributed by atoms with E-state index >= 15 is 0 Å². The Labute approximate surface area is 137 Å². The monoisotopic (exact) mass is 389 g/mol. The fourth-order valence-corrected chi connectivity index (χ4v) is 4.17. The second-order valence-corrected chi connectivity index (χ2v) is 8.36. The average molecular weight is 390 g/mol. The number of sulfonamides is 1. The van der Waals surface area contributed by atoms with E-state index in [9.17, 15) is 8.42 Å². The van der Waals surface area contributed by atoms with Crippen LogP contribution >= 0.6 is 27.3 Å². The summed E-state index contributed by atoms with van der Waals surface area (Å²) in [7, 11) is -3.58. The van der Waals surface area contributed by atoms with E-state index in [1.54, 1.807) is 18.3 Å². The molecule has 8 heteroatoms. The van der Waals surface area contributed by atoms with E-state index < -0.39 is 10.0 Å². The first kappa shape index (κ1) is 16.4. The van der Waals surface area contributed by atoms with E-state index in [-0.39, 0.29) is 4.21 Å². The third kappa shape index (κ3) is 4.26. The number of hydrogen-bond donors (Lipinski definition) is 2. The molecule has 0 spiro atoms. The molecule has 0 saturated heterocycles. The Balaban J connectivity index is 2.17. The van der Waals surface area contributed by atoms with Gasteiger partial charge >= 0.3 is 0 Å². The van der Waals surface area contributed by atoms with Crippen LogP contribution in [0.5, 0.6) is 0 Å². The highest BCUT2D eigenvalue weighted by Gasteiger charge is 2.17. The first-order chi connectivity index (χ1) is 9.92. The summed E-state index contributed by atoms with van der Waals surface area (Å²) in [6.07, 6.45) is 1.58. The van der Waals surface area contributed by atoms with Crippen LogP contribution in [-0.4, -0.2) is 19.9 Å². The number of aromatic nitrogens is 1. The van der Waals surface area contributed by atoms with Gasteiger partial charge in [0.1, 0.15) is 10.0 Å². The lowest BCUT2D eigenvalue weighted by molar-refractivity contribution is 0.603. The lowest BCUT2D eigenvalue weighted by atomic mass is 10.3. The largest absolute Gasteiger partial charge is 0.312 e. The smallest absolute Gasteiger partial charge is 0.272 e. The molecule has 2 heterocycles. The van der Waals surface area contributed by atoms with Gasteiger partial charge < -0.3 is 5.32 Å². The van der Waals surface area contributed by atoms with Crippen LogP contribution in [0.1, 0.15) is 17.4 Å². The van der Waals surface area contributed by atoms with Gasteiger partial charge in [-0.2, -0.15) is 0 Å². The maximum Gasteiger partial charge on any atom is 0.272 e. The van der Waals surface area contributed by atoms with Crippen LogP contribution in [0.2, 0.25) is 0 Å². The molecular weight excluding hydrogens is 374 g/mol. The SMILES string of the molecule is CCNCc1ccc(S(=O)(=O)Nc2cc(C)c(Br)cn2)s1. The Kier molecular flexibility index (Phi) is 5.37. The number of anilines is 1. The second-order valence-electron chi connectivity index (χ2n) is 4.43. The third-order valence-electron chi connectivity index (χ3n) is 2.74. The van der Waals surface area contributed by atoms with Crippen molar-refractivity contribution in [1.29, 1.82) is 0 Å². The summed E-state index contributed by atoms with van der Waals surface area (Å²) in [5, 5.41) is 3.17. The Morgan fingerprint density at radius 1 is 1.38 bits per heavy atom. The zero-order chi connectivity index (χ0) is 15.5. The number of nitrogens with one attached hydrogen (secondary N) is 2. The molecule has 0 unspecified atom stereocenters. The Morgan fingerprint density at radius 3 is 2.81 bits per heavy atom. The Bertz CT molecular complexity index is 729. The molecule has 0 aliphatic heterocycles. The topological polar surface area (TPSA) is 71.1 Å². The fourth-order valence-electron chi connectivity index (χ4n) is 1.63. The van der Waals surface area contributed by atoms with Gasteiger partial charge in [-0.15, -0.1) is 11.3 Å². The average Bonchev–Trinajstić information content (AvgIpc) is 2.90. The first-order valence-electron chi connectivity index (χ1n) is 6.37. The molecule has 2 aromatic heterocycles. The quantitative estimate of drug-likeness (QED) is 0.795. The highest BCUT2D eigenvalue weighted by Crippen LogP contribution is 2.24. The zero-order valence-electron chi connectivity index (χ0n) is 11.7. The molecule has 114 valence electrons. The van der Waals surface area contributed by atoms with Gasteiger partial charge in [-0.3, -0.25) is 4.72 Å². The van der Waals surface area contributed by atoms with Gasteiger partial charge in [0.15, 0.2) is 0 Å². The first-order valence-corrected chi connectivity index (χ1v) is 9.46. The van der Waals surface area contributed by atoms with Crippen LogP contribution in [-0.2, 0) is 16.6 Å². The minimum absolute atomic E-state index is 0.290. The predicted molar refractivity (Wildman–Crippen MR) is 89.2 cm³/mol. The minimum Gasteiger partial charge on any atom is -0.312 e. The summed E-state index contributed by atoms with van der Waals surface area (Å²) < 4.78 is 28.3. The molecule has 0 amide bonds. The molecule has 0 fully saturated rings. The van der Waals surface area contributed by atoms with E-state index in [2.05, 4.69) is 31.0 Å². The summed E-state index contributed by atoms with van der Waals surface area (Å²) in [5.41, 5.74) is 0.918. The van der Waals surface area contributed by atoms with Crippen molar-refractivity contribution in [3.05, 3.63) is 39.3 Å². The lowest BCUT2D eigenvalue weighted by Gasteiger charge is -2.06. The minimum atomic E-state index is -3.58. The van der Waals surface area contributed by atoms with Gasteiger partial charge in [-0.05, 0) is 53.2 Å². The van der Waals surface area contributed by atoms with E-state index in [1.165, 1.54) is 11.3 Å². The van der Waals surface area contributed by atoms with Crippen LogP contribution in [0.4, 0.5) is 5.82 Å². The van der Waals surface area contributed by atoms with Crippen LogP contribution < -0.4 is 10.0 Å². The number of hydrogen-bond acceptors (Lipinski definition) is 5. The molecule has 0 aliphatic carbocycles. The summed E-state index contributed by atoms with van der Waals surface area (Å²) in [6.45, 7) is 5.41. The molecule has 0 aromatic carbocycles. The van der Waals surface area contributed by atoms with Gasteiger partial charge in [0, 0.05) is 22.1 Å². The van der Waals surface area contributed by atoms with E-state index in [0.29, 0.717) is 12.4 Å². The Hall–Kier alpha value is -0.960. The normalized spacial score (nSPS) is 11.6. The maximum atomic E-state index is 12.3. The second kappa shape index (κ2) is 6.87. The molecule has 0 aliphatic rings. The van der Waals surface area contributed by atoms with Crippen molar-refractivity contribution < 1.29 is 8.42 Å². The standard InChI is InChI=1S/C13H16BrN3O2S2/c1-3-15-7-10-4-5-13(20-10)21(18,19)17-12-6-9(2)11(14)8-16-12/h4-6,8,15H,3,7H2,1-2H3,(H,16,17). The highest BCUT2D eigenvalue weighted by molar-refractivity contribution is 9.10. The van der Waals surface area contributed by atoms with Crippen molar-refractivity contribution in [2.75, 3.05) is 11.3 Å². The van der Waals surface area contributed by atoms with Crippen molar-refractivity contribution in [2.45, 2.75) is 24.6 Å². The summed E-state index contributed by atoms with van der Waals surface area (Å²) in [4.78, 5) is 5.04. The third-order valence-corrected chi connectivity index (χ3v) is 6.50. The summed E-state index contributed by atoms with van der Waals surface area (Å²) in [6, 6.07) is 5.13. The molecule has 21 heavy (non-hydrogen) atoms. The molecule has 2 N–H and O–H groups in total. The highest BCUT2D eigenvalue weighted by atomic mass is 79.9. The van der Waals surface area contributed by atoms with E-state index in [0.717, 1.165) is 21.5 Å². The molecular formula is C13H16BrN3O2S2. The molecule has 2 aromatic rings. The predicted octanol–water partition coefficient (Wildman–Crippen LogP) is 3.12. The molecule has 0 radical (unpaired) electrons. The maximum absolute atomic E-state index is 12.3. The number of rotatable bonds is 6. The number of halogens is 1. The lowest BCUT2D eigenvalue weighted by Crippen LogP contribution is -2.13. The van der Waals surface area contributed by atoms with Crippen molar-refractivity contribution in [1.82, 2.24) is 10.3 Å². The van der Waals surface area contributed by atoms with Crippen molar-refractivity contribution in [2.24, 2.45) is 0 Å². The summed E-state index contributed by atoms with van der Waals surface area (Å²) in [5.74, 6) is 0.317. The number of aryl methyl sites for hydroxylation is 1. The van der Waals surface area contributed by atoms with Gasteiger partial charge in [-0.25, -0.2) is 13.4 Å². The van der Waals surface area contributed by atoms with E-state index in [4.69, 9.17) is 0 Å². The van der Waals surface area contributed by atoms with Gasteiger partial charge in [0.25, 0.3) is 10.0 Å². The van der Waals surface area contributed by atoms with Crippen LogP contribution in [0, 0.1) is 6.92 Å². The molecule has 0 bridgehead atoms. The van der Waals surface area contributed by atoms with Crippen LogP contribution in [0.3, 0.4) is 0 Å². The zero-order valence-corrected chi connectivity index (χ0v) is 14.9. The van der Waals surface area contributed by atoms with Crippen molar-refractivity contribution >= 4 is 43.1 Å². The number of nitrogens with zero attached hydrogens (tertiary/aromatic N) is 1. The number of pyridine rings is 1. The molecule has 2 rings (SSSR count). The van der Waals surface area contributed by atoms with Crippen LogP contribution in [0.15, 0.2) is 33.1 Å². The van der Waals surface area contributed by atoms with E-state index in [1.807, 2.05) is 19.9 Å². The van der Waals surface area contributed by atoms with Gasteiger partial charge in [0.2, 0.25) is 0 Å². The molecule has 0 atom stereocenters. The molecule has 5 nitrogen and oxygen atoms in total.